The number of rotatable bonds is 9. The molecule has 5 heteroatoms. The third-order valence-corrected chi connectivity index (χ3v) is 5.12. The van der Waals surface area contributed by atoms with Gasteiger partial charge in [-0.2, -0.15) is 0 Å². The standard InChI is InChI=1S/C24H32N2O3/c1-6-25-24(28)20(5)26(13-12-21-10-8-7-9-11-21)23(27)16-29-22-15-17(2)14-18(3)19(22)4/h7-11,14-15,20H,6,12-13,16H2,1-5H3,(H,25,28)/t20-/m0/s1. The summed E-state index contributed by atoms with van der Waals surface area (Å²) in [7, 11) is 0. The smallest absolute Gasteiger partial charge is 0.261 e. The lowest BCUT2D eigenvalue weighted by Crippen LogP contribution is -2.50. The lowest BCUT2D eigenvalue weighted by molar-refractivity contribution is -0.141. The zero-order chi connectivity index (χ0) is 21.4. The summed E-state index contributed by atoms with van der Waals surface area (Å²) in [6.07, 6.45) is 0.679. The van der Waals surface area contributed by atoms with Gasteiger partial charge in [-0.05, 0) is 69.4 Å². The van der Waals surface area contributed by atoms with E-state index in [0.717, 1.165) is 22.3 Å². The second-order valence-corrected chi connectivity index (χ2v) is 7.39. The number of nitrogens with zero attached hydrogens (tertiary/aromatic N) is 1. The molecular weight excluding hydrogens is 364 g/mol. The zero-order valence-electron chi connectivity index (χ0n) is 18.1. The molecule has 2 aromatic carbocycles. The number of ether oxygens (including phenoxy) is 1. The highest BCUT2D eigenvalue weighted by atomic mass is 16.5. The monoisotopic (exact) mass is 396 g/mol. The van der Waals surface area contributed by atoms with Crippen LogP contribution in [0.4, 0.5) is 0 Å². The van der Waals surface area contributed by atoms with Gasteiger partial charge in [0.15, 0.2) is 6.61 Å². The maximum atomic E-state index is 13.0. The summed E-state index contributed by atoms with van der Waals surface area (Å²) in [5.41, 5.74) is 4.37. The summed E-state index contributed by atoms with van der Waals surface area (Å²) in [5.74, 6) is 0.360. The minimum atomic E-state index is -0.560. The van der Waals surface area contributed by atoms with Crippen LogP contribution >= 0.6 is 0 Å². The minimum Gasteiger partial charge on any atom is -0.483 e. The molecule has 0 unspecified atom stereocenters. The molecule has 0 heterocycles. The van der Waals surface area contributed by atoms with Gasteiger partial charge in [-0.3, -0.25) is 9.59 Å². The Bertz CT molecular complexity index is 834. The molecule has 0 aliphatic rings. The van der Waals surface area contributed by atoms with Gasteiger partial charge in [0.25, 0.3) is 5.91 Å². The molecule has 0 aliphatic heterocycles. The molecule has 2 amide bonds. The quantitative estimate of drug-likeness (QED) is 0.705. The highest BCUT2D eigenvalue weighted by molar-refractivity contribution is 5.88. The fraction of sp³-hybridized carbons (Fsp3) is 0.417. The van der Waals surface area contributed by atoms with E-state index in [4.69, 9.17) is 4.74 Å². The first kappa shape index (κ1) is 22.5. The first-order valence-electron chi connectivity index (χ1n) is 10.1. The van der Waals surface area contributed by atoms with Crippen LogP contribution in [0.5, 0.6) is 5.75 Å². The van der Waals surface area contributed by atoms with Crippen LogP contribution in [0.1, 0.15) is 36.1 Å². The molecule has 0 saturated heterocycles. The molecule has 1 atom stereocenters. The molecule has 29 heavy (non-hydrogen) atoms. The second kappa shape index (κ2) is 10.6. The number of aryl methyl sites for hydroxylation is 2. The van der Waals surface area contributed by atoms with E-state index in [2.05, 4.69) is 11.4 Å². The van der Waals surface area contributed by atoms with Crippen LogP contribution in [-0.2, 0) is 16.0 Å². The molecule has 0 aromatic heterocycles. The van der Waals surface area contributed by atoms with Gasteiger partial charge in [0.2, 0.25) is 5.91 Å². The van der Waals surface area contributed by atoms with Crippen LogP contribution < -0.4 is 10.1 Å². The Hall–Kier alpha value is -2.82. The Labute approximate surface area is 174 Å². The number of likely N-dealkylation sites (N-methyl/N-ethyl adjacent to an activating group) is 1. The number of carbonyl (C=O) groups is 2. The highest BCUT2D eigenvalue weighted by Gasteiger charge is 2.26. The maximum Gasteiger partial charge on any atom is 0.261 e. The molecule has 0 aliphatic carbocycles. The Kier molecular flexibility index (Phi) is 8.25. The third kappa shape index (κ3) is 6.34. The van der Waals surface area contributed by atoms with Crippen LogP contribution in [0.15, 0.2) is 42.5 Å². The minimum absolute atomic E-state index is 0.0950. The summed E-state index contributed by atoms with van der Waals surface area (Å²) in [5, 5.41) is 2.80. The number of benzene rings is 2. The van der Waals surface area contributed by atoms with Gasteiger partial charge in [0.05, 0.1) is 0 Å². The molecule has 156 valence electrons. The summed E-state index contributed by atoms with van der Waals surface area (Å²) in [6, 6.07) is 13.4. The number of carbonyl (C=O) groups excluding carboxylic acids is 2. The zero-order valence-corrected chi connectivity index (χ0v) is 18.1. The van der Waals surface area contributed by atoms with E-state index in [1.807, 2.05) is 64.1 Å². The van der Waals surface area contributed by atoms with Crippen LogP contribution in [-0.4, -0.2) is 42.5 Å². The number of amides is 2. The largest absolute Gasteiger partial charge is 0.483 e. The molecule has 2 rings (SSSR count). The molecule has 0 fully saturated rings. The number of hydrogen-bond acceptors (Lipinski definition) is 3. The third-order valence-electron chi connectivity index (χ3n) is 5.12. The van der Waals surface area contributed by atoms with E-state index < -0.39 is 6.04 Å². The van der Waals surface area contributed by atoms with Gasteiger partial charge in [-0.25, -0.2) is 0 Å². The lowest BCUT2D eigenvalue weighted by Gasteiger charge is -2.28. The van der Waals surface area contributed by atoms with E-state index in [9.17, 15) is 9.59 Å². The van der Waals surface area contributed by atoms with Crippen molar-refractivity contribution in [1.82, 2.24) is 10.2 Å². The van der Waals surface area contributed by atoms with Crippen molar-refractivity contribution in [2.75, 3.05) is 19.7 Å². The average Bonchev–Trinajstić information content (AvgIpc) is 2.70. The van der Waals surface area contributed by atoms with Gasteiger partial charge in [0, 0.05) is 13.1 Å². The second-order valence-electron chi connectivity index (χ2n) is 7.39. The molecule has 1 N–H and O–H groups in total. The van der Waals surface area contributed by atoms with Gasteiger partial charge in [-0.1, -0.05) is 36.4 Å². The van der Waals surface area contributed by atoms with Crippen molar-refractivity contribution in [1.29, 1.82) is 0 Å². The molecule has 0 spiro atoms. The number of nitrogens with one attached hydrogen (secondary N) is 1. The van der Waals surface area contributed by atoms with Crippen molar-refractivity contribution >= 4 is 11.8 Å². The summed E-state index contributed by atoms with van der Waals surface area (Å²) < 4.78 is 5.86. The lowest BCUT2D eigenvalue weighted by atomic mass is 10.1. The van der Waals surface area contributed by atoms with Crippen molar-refractivity contribution < 1.29 is 14.3 Å². The Morgan fingerprint density at radius 3 is 2.45 bits per heavy atom. The Morgan fingerprint density at radius 1 is 1.10 bits per heavy atom. The SMILES string of the molecule is CCNC(=O)[C@H](C)N(CCc1ccccc1)C(=O)COc1cc(C)cc(C)c1C. The van der Waals surface area contributed by atoms with Crippen molar-refractivity contribution in [2.24, 2.45) is 0 Å². The number of hydrogen-bond donors (Lipinski definition) is 1. The van der Waals surface area contributed by atoms with E-state index in [0.29, 0.717) is 25.3 Å². The van der Waals surface area contributed by atoms with Gasteiger partial charge >= 0.3 is 0 Å². The molecule has 2 aromatic rings. The van der Waals surface area contributed by atoms with E-state index >= 15 is 0 Å². The van der Waals surface area contributed by atoms with Crippen molar-refractivity contribution in [3.63, 3.8) is 0 Å². The average molecular weight is 397 g/mol. The van der Waals surface area contributed by atoms with Crippen LogP contribution in [0.3, 0.4) is 0 Å². The summed E-state index contributed by atoms with van der Waals surface area (Å²) >= 11 is 0. The summed E-state index contributed by atoms with van der Waals surface area (Å²) in [4.78, 5) is 27.0. The molecule has 0 saturated carbocycles. The fourth-order valence-electron chi connectivity index (χ4n) is 3.27. The van der Waals surface area contributed by atoms with Crippen LogP contribution in [0, 0.1) is 20.8 Å². The first-order valence-corrected chi connectivity index (χ1v) is 10.1. The van der Waals surface area contributed by atoms with Gasteiger partial charge in [0.1, 0.15) is 11.8 Å². The van der Waals surface area contributed by atoms with E-state index in [-0.39, 0.29) is 18.4 Å². The van der Waals surface area contributed by atoms with Crippen molar-refractivity contribution in [3.8, 4) is 5.75 Å². The Balaban J connectivity index is 2.11. The molecule has 0 bridgehead atoms. The van der Waals surface area contributed by atoms with Gasteiger partial charge in [-0.15, -0.1) is 0 Å². The maximum absolute atomic E-state index is 13.0. The Morgan fingerprint density at radius 2 is 1.79 bits per heavy atom. The normalized spacial score (nSPS) is 11.6. The molecule has 5 nitrogen and oxygen atoms in total. The van der Waals surface area contributed by atoms with Gasteiger partial charge < -0.3 is 15.0 Å². The predicted molar refractivity (Wildman–Crippen MR) is 116 cm³/mol. The van der Waals surface area contributed by atoms with Crippen molar-refractivity contribution in [3.05, 3.63) is 64.7 Å². The van der Waals surface area contributed by atoms with Crippen LogP contribution in [0.25, 0.3) is 0 Å². The molecule has 0 radical (unpaired) electrons. The van der Waals surface area contributed by atoms with Crippen LogP contribution in [0.2, 0.25) is 0 Å². The predicted octanol–water partition coefficient (Wildman–Crippen LogP) is 3.59. The highest BCUT2D eigenvalue weighted by Crippen LogP contribution is 2.23. The molecular formula is C24H32N2O3. The first-order chi connectivity index (χ1) is 13.8. The fourth-order valence-corrected chi connectivity index (χ4v) is 3.27. The summed E-state index contributed by atoms with van der Waals surface area (Å²) in [6.45, 7) is 10.5. The van der Waals surface area contributed by atoms with E-state index in [1.165, 1.54) is 0 Å². The van der Waals surface area contributed by atoms with E-state index in [1.54, 1.807) is 11.8 Å². The topological polar surface area (TPSA) is 58.6 Å². The van der Waals surface area contributed by atoms with Crippen molar-refractivity contribution in [2.45, 2.75) is 47.1 Å².